The third-order valence-corrected chi connectivity index (χ3v) is 6.03. The number of carbonyl (C=O) groups excluding carboxylic acids is 3. The van der Waals surface area contributed by atoms with Gasteiger partial charge in [-0.1, -0.05) is 25.5 Å². The Morgan fingerprint density at radius 3 is 2.43 bits per heavy atom. The van der Waals surface area contributed by atoms with Crippen LogP contribution in [0, 0.1) is 5.92 Å². The van der Waals surface area contributed by atoms with Gasteiger partial charge in [0, 0.05) is 26.3 Å². The summed E-state index contributed by atoms with van der Waals surface area (Å²) in [5.41, 5.74) is 1.24. The Labute approximate surface area is 166 Å². The Hall–Kier alpha value is -2.57. The van der Waals surface area contributed by atoms with E-state index in [9.17, 15) is 14.4 Å². The van der Waals surface area contributed by atoms with Crippen molar-refractivity contribution in [2.45, 2.75) is 51.1 Å². The molecule has 4 amide bonds. The number of anilines is 1. The monoisotopic (exact) mass is 386 g/mol. The number of nitrogens with zero attached hydrogens (tertiary/aromatic N) is 2. The van der Waals surface area contributed by atoms with Gasteiger partial charge in [-0.25, -0.2) is 4.79 Å². The highest BCUT2D eigenvalue weighted by Gasteiger charge is 2.52. The first-order chi connectivity index (χ1) is 13.3. The van der Waals surface area contributed by atoms with Crippen molar-refractivity contribution in [2.24, 2.45) is 5.92 Å². The minimum atomic E-state index is -0.801. The summed E-state index contributed by atoms with van der Waals surface area (Å²) in [6, 6.07) is 7.41. The second kappa shape index (κ2) is 8.20. The Morgan fingerprint density at radius 2 is 1.86 bits per heavy atom. The maximum Gasteiger partial charge on any atom is 0.325 e. The highest BCUT2D eigenvalue weighted by atomic mass is 16.2. The summed E-state index contributed by atoms with van der Waals surface area (Å²) in [6.07, 6.45) is 4.29. The fraction of sp³-hybridized carbons (Fsp3) is 0.571. The minimum Gasteiger partial charge on any atom is -0.378 e. The van der Waals surface area contributed by atoms with Gasteiger partial charge in [-0.2, -0.15) is 0 Å². The normalized spacial score (nSPS) is 24.4. The molecule has 28 heavy (non-hydrogen) atoms. The number of amides is 4. The summed E-state index contributed by atoms with van der Waals surface area (Å²) >= 11 is 0. The van der Waals surface area contributed by atoms with Crippen molar-refractivity contribution in [2.75, 3.05) is 25.5 Å². The minimum absolute atomic E-state index is 0.237. The molecular weight excluding hydrogens is 356 g/mol. The van der Waals surface area contributed by atoms with Gasteiger partial charge < -0.3 is 15.5 Å². The molecule has 1 aliphatic heterocycles. The Morgan fingerprint density at radius 1 is 1.21 bits per heavy atom. The van der Waals surface area contributed by atoms with Crippen LogP contribution >= 0.6 is 0 Å². The lowest BCUT2D eigenvalue weighted by Gasteiger charge is -2.34. The number of benzene rings is 1. The zero-order valence-corrected chi connectivity index (χ0v) is 17.0. The molecule has 1 aromatic carbocycles. The van der Waals surface area contributed by atoms with E-state index < -0.39 is 11.6 Å². The van der Waals surface area contributed by atoms with Crippen molar-refractivity contribution >= 4 is 23.5 Å². The van der Waals surface area contributed by atoms with Crippen molar-refractivity contribution in [1.82, 2.24) is 15.5 Å². The number of hydrogen-bond donors (Lipinski definition) is 2. The van der Waals surface area contributed by atoms with Crippen LogP contribution in [-0.2, 0) is 16.1 Å². The summed E-state index contributed by atoms with van der Waals surface area (Å²) in [6.45, 7) is 2.28. The molecule has 2 aliphatic rings. The van der Waals surface area contributed by atoms with E-state index in [0.717, 1.165) is 35.4 Å². The second-order valence-electron chi connectivity index (χ2n) is 8.09. The van der Waals surface area contributed by atoms with E-state index in [0.29, 0.717) is 25.3 Å². The van der Waals surface area contributed by atoms with Gasteiger partial charge in [-0.05, 0) is 49.3 Å². The van der Waals surface area contributed by atoms with Crippen molar-refractivity contribution in [3.8, 4) is 0 Å². The number of nitrogens with one attached hydrogen (secondary N) is 2. The van der Waals surface area contributed by atoms with E-state index >= 15 is 0 Å². The number of rotatable bonds is 6. The molecule has 1 aliphatic carbocycles. The average Bonchev–Trinajstić information content (AvgIpc) is 2.91. The number of carbonyl (C=O) groups is 3. The maximum atomic E-state index is 12.9. The van der Waals surface area contributed by atoms with E-state index in [2.05, 4.69) is 17.6 Å². The van der Waals surface area contributed by atoms with Crippen molar-refractivity contribution in [3.05, 3.63) is 29.8 Å². The van der Waals surface area contributed by atoms with Gasteiger partial charge in [0.25, 0.3) is 5.91 Å². The lowest BCUT2D eigenvalue weighted by molar-refractivity contribution is -0.136. The summed E-state index contributed by atoms with van der Waals surface area (Å²) < 4.78 is 0. The molecule has 0 aromatic heterocycles. The standard InChI is InChI=1S/C21H30N4O3/c1-4-15-9-11-21(12-10-15)19(27)25(20(28)23-21)14-18(26)22-13-16-5-7-17(8-6-16)24(2)3/h5-8,15H,4,9-14H2,1-3H3,(H,22,26)(H,23,28). The quantitative estimate of drug-likeness (QED) is 0.735. The number of imide groups is 1. The fourth-order valence-corrected chi connectivity index (χ4v) is 4.05. The summed E-state index contributed by atoms with van der Waals surface area (Å²) in [5, 5.41) is 5.66. The van der Waals surface area contributed by atoms with Gasteiger partial charge in [0.05, 0.1) is 0 Å². The van der Waals surface area contributed by atoms with E-state index in [1.165, 1.54) is 0 Å². The Kier molecular flexibility index (Phi) is 5.91. The van der Waals surface area contributed by atoms with Crippen LogP contribution in [0.3, 0.4) is 0 Å². The van der Waals surface area contributed by atoms with Crippen LogP contribution < -0.4 is 15.5 Å². The molecule has 0 bridgehead atoms. The van der Waals surface area contributed by atoms with Crippen LogP contribution in [0.2, 0.25) is 0 Å². The van der Waals surface area contributed by atoms with E-state index in [1.807, 2.05) is 43.3 Å². The van der Waals surface area contributed by atoms with E-state index in [1.54, 1.807) is 0 Å². The smallest absolute Gasteiger partial charge is 0.325 e. The first-order valence-corrected chi connectivity index (χ1v) is 10.0. The van der Waals surface area contributed by atoms with Gasteiger partial charge in [0.1, 0.15) is 12.1 Å². The molecule has 1 aromatic rings. The molecule has 0 unspecified atom stereocenters. The number of hydrogen-bond acceptors (Lipinski definition) is 4. The molecular formula is C21H30N4O3. The van der Waals surface area contributed by atoms with Gasteiger partial charge in [-0.3, -0.25) is 14.5 Å². The zero-order valence-electron chi connectivity index (χ0n) is 17.0. The zero-order chi connectivity index (χ0) is 20.3. The van der Waals surface area contributed by atoms with Crippen LogP contribution in [0.1, 0.15) is 44.6 Å². The topological polar surface area (TPSA) is 81.8 Å². The summed E-state index contributed by atoms with van der Waals surface area (Å²) in [5.74, 6) is 0.0311. The molecule has 2 fully saturated rings. The Balaban J connectivity index is 1.54. The molecule has 0 radical (unpaired) electrons. The Bertz CT molecular complexity index is 737. The predicted octanol–water partition coefficient (Wildman–Crippen LogP) is 2.26. The lowest BCUT2D eigenvalue weighted by Crippen LogP contribution is -2.50. The second-order valence-corrected chi connectivity index (χ2v) is 8.09. The largest absolute Gasteiger partial charge is 0.378 e. The van der Waals surface area contributed by atoms with Crippen molar-refractivity contribution < 1.29 is 14.4 Å². The van der Waals surface area contributed by atoms with Crippen LogP contribution in [0.5, 0.6) is 0 Å². The fourth-order valence-electron chi connectivity index (χ4n) is 4.05. The number of urea groups is 1. The molecule has 0 atom stereocenters. The summed E-state index contributed by atoms with van der Waals surface area (Å²) in [7, 11) is 3.94. The highest BCUT2D eigenvalue weighted by molar-refractivity contribution is 6.09. The third-order valence-electron chi connectivity index (χ3n) is 6.03. The molecule has 2 N–H and O–H groups in total. The van der Waals surface area contributed by atoms with Crippen molar-refractivity contribution in [3.63, 3.8) is 0 Å². The molecule has 1 heterocycles. The van der Waals surface area contributed by atoms with Gasteiger partial charge >= 0.3 is 6.03 Å². The van der Waals surface area contributed by atoms with Crippen LogP contribution in [0.15, 0.2) is 24.3 Å². The van der Waals surface area contributed by atoms with Gasteiger partial charge in [0.2, 0.25) is 5.91 Å². The van der Waals surface area contributed by atoms with Gasteiger partial charge in [0.15, 0.2) is 0 Å². The first kappa shape index (κ1) is 20.2. The van der Waals surface area contributed by atoms with Crippen LogP contribution in [0.4, 0.5) is 10.5 Å². The molecule has 7 nitrogen and oxygen atoms in total. The molecule has 152 valence electrons. The lowest BCUT2D eigenvalue weighted by atomic mass is 9.75. The average molecular weight is 386 g/mol. The van der Waals surface area contributed by atoms with Gasteiger partial charge in [-0.15, -0.1) is 0 Å². The predicted molar refractivity (Wildman–Crippen MR) is 108 cm³/mol. The molecule has 1 saturated carbocycles. The summed E-state index contributed by atoms with van der Waals surface area (Å²) in [4.78, 5) is 40.6. The molecule has 1 saturated heterocycles. The van der Waals surface area contributed by atoms with Crippen LogP contribution in [0.25, 0.3) is 0 Å². The highest BCUT2D eigenvalue weighted by Crippen LogP contribution is 2.37. The third kappa shape index (κ3) is 4.13. The van der Waals surface area contributed by atoms with E-state index in [4.69, 9.17) is 0 Å². The van der Waals surface area contributed by atoms with Crippen LogP contribution in [-0.4, -0.2) is 48.9 Å². The maximum absolute atomic E-state index is 12.9. The first-order valence-electron chi connectivity index (χ1n) is 10.0. The molecule has 3 rings (SSSR count). The van der Waals surface area contributed by atoms with E-state index in [-0.39, 0.29) is 18.4 Å². The molecule has 1 spiro atoms. The molecule has 7 heteroatoms. The van der Waals surface area contributed by atoms with Crippen molar-refractivity contribution in [1.29, 1.82) is 0 Å². The SMILES string of the molecule is CCC1CCC2(CC1)NC(=O)N(CC(=O)NCc1ccc(N(C)C)cc1)C2=O.